The summed E-state index contributed by atoms with van der Waals surface area (Å²) >= 11 is 0. The normalized spacial score (nSPS) is 11.2. The van der Waals surface area contributed by atoms with Crippen molar-refractivity contribution >= 4 is 27.3 Å². The van der Waals surface area contributed by atoms with E-state index in [4.69, 9.17) is 0 Å². The third-order valence-corrected chi connectivity index (χ3v) is 5.51. The largest absolute Gasteiger partial charge is 0.326 e. The van der Waals surface area contributed by atoms with Crippen LogP contribution < -0.4 is 9.62 Å². The monoisotopic (exact) mass is 374 g/mol. The van der Waals surface area contributed by atoms with Gasteiger partial charge in [-0.2, -0.15) is 0 Å². The third kappa shape index (κ3) is 4.85. The van der Waals surface area contributed by atoms with Crippen LogP contribution in [0.1, 0.15) is 30.0 Å². The SMILES string of the molecule is CCc1cccc(C)c1NC(=O)CCN(c1ccccc1C)S(C)(=O)=O. The van der Waals surface area contributed by atoms with Crippen molar-refractivity contribution in [3.8, 4) is 0 Å². The number of benzene rings is 2. The predicted molar refractivity (Wildman–Crippen MR) is 107 cm³/mol. The van der Waals surface area contributed by atoms with Gasteiger partial charge in [0.05, 0.1) is 11.9 Å². The van der Waals surface area contributed by atoms with E-state index in [9.17, 15) is 13.2 Å². The van der Waals surface area contributed by atoms with Crippen LogP contribution in [0.4, 0.5) is 11.4 Å². The molecule has 0 radical (unpaired) electrons. The molecule has 0 aliphatic carbocycles. The maximum absolute atomic E-state index is 12.4. The summed E-state index contributed by atoms with van der Waals surface area (Å²) in [6, 6.07) is 13.2. The van der Waals surface area contributed by atoms with E-state index < -0.39 is 10.0 Å². The fraction of sp³-hybridized carbons (Fsp3) is 0.350. The Bertz CT molecular complexity index is 892. The van der Waals surface area contributed by atoms with E-state index in [0.29, 0.717) is 5.69 Å². The fourth-order valence-electron chi connectivity index (χ4n) is 2.92. The maximum atomic E-state index is 12.4. The quantitative estimate of drug-likeness (QED) is 0.804. The van der Waals surface area contributed by atoms with Crippen LogP contribution in [0.25, 0.3) is 0 Å². The molecular weight excluding hydrogens is 348 g/mol. The van der Waals surface area contributed by atoms with Crippen molar-refractivity contribution in [3.05, 3.63) is 59.2 Å². The Hall–Kier alpha value is -2.34. The molecule has 0 saturated carbocycles. The summed E-state index contributed by atoms with van der Waals surface area (Å²) in [4.78, 5) is 12.4. The number of carbonyl (C=O) groups is 1. The summed E-state index contributed by atoms with van der Waals surface area (Å²) in [5.41, 5.74) is 4.34. The molecule has 1 amide bonds. The molecule has 0 atom stereocenters. The summed E-state index contributed by atoms with van der Waals surface area (Å²) in [6.45, 7) is 5.94. The Morgan fingerprint density at radius 3 is 2.31 bits per heavy atom. The van der Waals surface area contributed by atoms with Crippen LogP contribution in [0.15, 0.2) is 42.5 Å². The van der Waals surface area contributed by atoms with Gasteiger partial charge in [0.25, 0.3) is 0 Å². The van der Waals surface area contributed by atoms with Crippen LogP contribution in [0.3, 0.4) is 0 Å². The number of para-hydroxylation sites is 2. The van der Waals surface area contributed by atoms with Crippen molar-refractivity contribution in [1.29, 1.82) is 0 Å². The molecule has 0 spiro atoms. The summed E-state index contributed by atoms with van der Waals surface area (Å²) < 4.78 is 25.7. The summed E-state index contributed by atoms with van der Waals surface area (Å²) in [7, 11) is -3.48. The zero-order chi connectivity index (χ0) is 19.3. The number of amides is 1. The molecular formula is C20H26N2O3S. The first-order valence-corrected chi connectivity index (χ1v) is 10.5. The van der Waals surface area contributed by atoms with E-state index in [0.717, 1.165) is 35.1 Å². The van der Waals surface area contributed by atoms with Crippen molar-refractivity contribution in [2.75, 3.05) is 22.4 Å². The lowest BCUT2D eigenvalue weighted by atomic mass is 10.1. The lowest BCUT2D eigenvalue weighted by Gasteiger charge is -2.24. The van der Waals surface area contributed by atoms with Gasteiger partial charge in [-0.15, -0.1) is 0 Å². The molecule has 26 heavy (non-hydrogen) atoms. The summed E-state index contributed by atoms with van der Waals surface area (Å²) in [5.74, 6) is -0.198. The van der Waals surface area contributed by atoms with Gasteiger partial charge in [-0.1, -0.05) is 43.3 Å². The first-order valence-electron chi connectivity index (χ1n) is 8.65. The third-order valence-electron chi connectivity index (χ3n) is 4.33. The summed E-state index contributed by atoms with van der Waals surface area (Å²) in [5, 5.41) is 2.94. The van der Waals surface area contributed by atoms with Crippen LogP contribution in [-0.4, -0.2) is 27.1 Å². The number of sulfonamides is 1. The number of hydrogen-bond acceptors (Lipinski definition) is 3. The van der Waals surface area contributed by atoms with Gasteiger partial charge in [-0.05, 0) is 43.0 Å². The molecule has 2 aromatic rings. The average molecular weight is 375 g/mol. The standard InChI is InChI=1S/C20H26N2O3S/c1-5-17-11-8-10-16(3)20(17)21-19(23)13-14-22(26(4,24)25)18-12-7-6-9-15(18)2/h6-12H,5,13-14H2,1-4H3,(H,21,23). The van der Waals surface area contributed by atoms with E-state index in [1.165, 1.54) is 4.31 Å². The average Bonchev–Trinajstić information content (AvgIpc) is 2.57. The lowest BCUT2D eigenvalue weighted by Crippen LogP contribution is -2.33. The van der Waals surface area contributed by atoms with Crippen molar-refractivity contribution in [1.82, 2.24) is 0 Å². The highest BCUT2D eigenvalue weighted by molar-refractivity contribution is 7.92. The topological polar surface area (TPSA) is 66.5 Å². The highest BCUT2D eigenvalue weighted by Gasteiger charge is 2.20. The first-order chi connectivity index (χ1) is 12.2. The molecule has 140 valence electrons. The molecule has 0 aliphatic heterocycles. The minimum Gasteiger partial charge on any atom is -0.326 e. The Balaban J connectivity index is 2.15. The second kappa shape index (κ2) is 8.36. The Labute approximate surface area is 156 Å². The number of nitrogens with one attached hydrogen (secondary N) is 1. The van der Waals surface area contributed by atoms with Gasteiger partial charge in [0.15, 0.2) is 0 Å². The van der Waals surface area contributed by atoms with Gasteiger partial charge in [0.1, 0.15) is 0 Å². The fourth-order valence-corrected chi connectivity index (χ4v) is 3.90. The first kappa shape index (κ1) is 20.0. The van der Waals surface area contributed by atoms with Gasteiger partial charge in [0.2, 0.25) is 15.9 Å². The Kier molecular flexibility index (Phi) is 6.42. The molecule has 2 aromatic carbocycles. The molecule has 0 fully saturated rings. The van der Waals surface area contributed by atoms with E-state index in [1.54, 1.807) is 12.1 Å². The van der Waals surface area contributed by atoms with E-state index >= 15 is 0 Å². The molecule has 0 bridgehead atoms. The number of anilines is 2. The highest BCUT2D eigenvalue weighted by atomic mass is 32.2. The number of aryl methyl sites for hydroxylation is 3. The van der Waals surface area contributed by atoms with Crippen LogP contribution in [0.5, 0.6) is 0 Å². The molecule has 0 aliphatic rings. The number of nitrogens with zero attached hydrogens (tertiary/aromatic N) is 1. The van der Waals surface area contributed by atoms with E-state index in [-0.39, 0.29) is 18.9 Å². The second-order valence-corrected chi connectivity index (χ2v) is 8.29. The smallest absolute Gasteiger partial charge is 0.232 e. The van der Waals surface area contributed by atoms with Gasteiger partial charge >= 0.3 is 0 Å². The van der Waals surface area contributed by atoms with Crippen LogP contribution in [-0.2, 0) is 21.2 Å². The molecule has 0 aromatic heterocycles. The van der Waals surface area contributed by atoms with Crippen molar-refractivity contribution < 1.29 is 13.2 Å². The zero-order valence-electron chi connectivity index (χ0n) is 15.7. The van der Waals surface area contributed by atoms with Crippen LogP contribution in [0, 0.1) is 13.8 Å². The molecule has 2 rings (SSSR count). The lowest BCUT2D eigenvalue weighted by molar-refractivity contribution is -0.116. The number of carbonyl (C=O) groups excluding carboxylic acids is 1. The molecule has 0 saturated heterocycles. The predicted octanol–water partition coefficient (Wildman–Crippen LogP) is 3.66. The molecule has 0 unspecified atom stereocenters. The van der Waals surface area contributed by atoms with Crippen molar-refractivity contribution in [3.63, 3.8) is 0 Å². The van der Waals surface area contributed by atoms with Crippen LogP contribution in [0.2, 0.25) is 0 Å². The Morgan fingerprint density at radius 1 is 1.04 bits per heavy atom. The molecule has 1 N–H and O–H groups in total. The number of rotatable bonds is 7. The van der Waals surface area contributed by atoms with E-state index in [1.807, 2.05) is 51.1 Å². The Morgan fingerprint density at radius 2 is 1.69 bits per heavy atom. The zero-order valence-corrected chi connectivity index (χ0v) is 16.6. The minimum absolute atomic E-state index is 0.0822. The highest BCUT2D eigenvalue weighted by Crippen LogP contribution is 2.23. The van der Waals surface area contributed by atoms with Crippen molar-refractivity contribution in [2.24, 2.45) is 0 Å². The number of hydrogen-bond donors (Lipinski definition) is 1. The van der Waals surface area contributed by atoms with Gasteiger partial charge in [0, 0.05) is 18.7 Å². The molecule has 5 nitrogen and oxygen atoms in total. The van der Waals surface area contributed by atoms with Crippen LogP contribution >= 0.6 is 0 Å². The van der Waals surface area contributed by atoms with Crippen molar-refractivity contribution in [2.45, 2.75) is 33.6 Å². The second-order valence-electron chi connectivity index (χ2n) is 6.38. The maximum Gasteiger partial charge on any atom is 0.232 e. The molecule has 6 heteroatoms. The van der Waals surface area contributed by atoms with Gasteiger partial charge in [-0.25, -0.2) is 8.42 Å². The summed E-state index contributed by atoms with van der Waals surface area (Å²) in [6.07, 6.45) is 2.06. The van der Waals surface area contributed by atoms with E-state index in [2.05, 4.69) is 5.32 Å². The minimum atomic E-state index is -3.48. The van der Waals surface area contributed by atoms with Gasteiger partial charge < -0.3 is 5.32 Å². The molecule has 0 heterocycles. The van der Waals surface area contributed by atoms with Gasteiger partial charge in [-0.3, -0.25) is 9.10 Å².